The number of aromatic nitrogens is 2. The Morgan fingerprint density at radius 3 is 2.48 bits per heavy atom. The first kappa shape index (κ1) is 21.5. The number of furan rings is 1. The Balaban J connectivity index is 1.29. The van der Waals surface area contributed by atoms with Crippen LogP contribution in [0.2, 0.25) is 0 Å². The molecular formula is C23H20N4O4S2. The van der Waals surface area contributed by atoms with E-state index in [1.807, 2.05) is 35.7 Å². The Hall–Kier alpha value is -3.37. The molecule has 0 radical (unpaired) electrons. The molecule has 5 rings (SSSR count). The van der Waals surface area contributed by atoms with Crippen LogP contribution in [0.1, 0.15) is 10.6 Å². The average molecular weight is 481 g/mol. The minimum absolute atomic E-state index is 0.0507. The topological polar surface area (TPSA) is 88.7 Å². The SMILES string of the molecule is O=C(CSc1nc2sccc2c(=O)n1-c1ccccc1)N1CCN(C(=O)c2ccco2)CC1. The van der Waals surface area contributed by atoms with Crippen LogP contribution in [0.3, 0.4) is 0 Å². The van der Waals surface area contributed by atoms with Crippen molar-refractivity contribution in [2.24, 2.45) is 0 Å². The fraction of sp³-hybridized carbons (Fsp3) is 0.217. The number of piperazine rings is 1. The summed E-state index contributed by atoms with van der Waals surface area (Å²) in [7, 11) is 0. The quantitative estimate of drug-likeness (QED) is 0.322. The van der Waals surface area contributed by atoms with Crippen LogP contribution < -0.4 is 5.56 Å². The van der Waals surface area contributed by atoms with Crippen LogP contribution >= 0.6 is 23.1 Å². The third kappa shape index (κ3) is 4.31. The van der Waals surface area contributed by atoms with Crippen molar-refractivity contribution in [3.05, 3.63) is 76.3 Å². The third-order valence-electron chi connectivity index (χ3n) is 5.46. The second kappa shape index (κ2) is 9.24. The summed E-state index contributed by atoms with van der Waals surface area (Å²) in [6, 6.07) is 14.4. The van der Waals surface area contributed by atoms with Gasteiger partial charge in [0, 0.05) is 26.2 Å². The normalized spacial score (nSPS) is 14.1. The number of benzene rings is 1. The molecule has 1 saturated heterocycles. The minimum atomic E-state index is -0.165. The van der Waals surface area contributed by atoms with Crippen LogP contribution in [0.4, 0.5) is 0 Å². The highest BCUT2D eigenvalue weighted by atomic mass is 32.2. The van der Waals surface area contributed by atoms with E-state index in [-0.39, 0.29) is 23.1 Å². The lowest BCUT2D eigenvalue weighted by Gasteiger charge is -2.34. The first-order chi connectivity index (χ1) is 16.1. The molecule has 168 valence electrons. The molecule has 0 bridgehead atoms. The Kier molecular flexibility index (Phi) is 6.01. The zero-order valence-electron chi connectivity index (χ0n) is 17.5. The van der Waals surface area contributed by atoms with Crippen molar-refractivity contribution in [3.8, 4) is 5.69 Å². The van der Waals surface area contributed by atoms with Crippen LogP contribution in [0.25, 0.3) is 15.9 Å². The zero-order valence-corrected chi connectivity index (χ0v) is 19.2. The lowest BCUT2D eigenvalue weighted by atomic mass is 10.3. The fourth-order valence-corrected chi connectivity index (χ4v) is 5.45. The molecule has 0 N–H and O–H groups in total. The van der Waals surface area contributed by atoms with E-state index in [4.69, 9.17) is 4.42 Å². The van der Waals surface area contributed by atoms with Gasteiger partial charge >= 0.3 is 0 Å². The molecule has 10 heteroatoms. The van der Waals surface area contributed by atoms with Gasteiger partial charge in [0.05, 0.1) is 23.1 Å². The van der Waals surface area contributed by atoms with E-state index in [2.05, 4.69) is 4.98 Å². The predicted molar refractivity (Wildman–Crippen MR) is 127 cm³/mol. The van der Waals surface area contributed by atoms with Gasteiger partial charge in [-0.2, -0.15) is 0 Å². The first-order valence-corrected chi connectivity index (χ1v) is 12.3. The number of carbonyl (C=O) groups is 2. The Labute approximate surface area is 197 Å². The maximum Gasteiger partial charge on any atom is 0.289 e. The predicted octanol–water partition coefficient (Wildman–Crippen LogP) is 3.12. The number of thioether (sulfide) groups is 1. The largest absolute Gasteiger partial charge is 0.459 e. The smallest absolute Gasteiger partial charge is 0.289 e. The maximum atomic E-state index is 13.1. The van der Waals surface area contributed by atoms with Gasteiger partial charge in [0.1, 0.15) is 4.83 Å². The molecule has 1 aromatic carbocycles. The molecule has 0 aliphatic carbocycles. The van der Waals surface area contributed by atoms with E-state index >= 15 is 0 Å². The molecule has 0 atom stereocenters. The van der Waals surface area contributed by atoms with Crippen LogP contribution in [0, 0.1) is 0 Å². The minimum Gasteiger partial charge on any atom is -0.459 e. The van der Waals surface area contributed by atoms with Gasteiger partial charge in [-0.05, 0) is 35.7 Å². The summed E-state index contributed by atoms with van der Waals surface area (Å²) in [6.45, 7) is 1.80. The number of hydrogen-bond donors (Lipinski definition) is 0. The van der Waals surface area contributed by atoms with Crippen molar-refractivity contribution >= 4 is 45.1 Å². The highest BCUT2D eigenvalue weighted by Crippen LogP contribution is 2.24. The molecule has 0 spiro atoms. The van der Waals surface area contributed by atoms with Gasteiger partial charge in [0.15, 0.2) is 10.9 Å². The van der Waals surface area contributed by atoms with Crippen LogP contribution in [-0.2, 0) is 4.79 Å². The zero-order chi connectivity index (χ0) is 22.8. The lowest BCUT2D eigenvalue weighted by molar-refractivity contribution is -0.129. The molecule has 1 fully saturated rings. The van der Waals surface area contributed by atoms with Gasteiger partial charge in [0.2, 0.25) is 5.91 Å². The van der Waals surface area contributed by atoms with Crippen molar-refractivity contribution in [2.45, 2.75) is 5.16 Å². The number of carbonyl (C=O) groups excluding carboxylic acids is 2. The average Bonchev–Trinajstić information content (AvgIpc) is 3.55. The monoisotopic (exact) mass is 480 g/mol. The third-order valence-corrected chi connectivity index (χ3v) is 7.19. The number of para-hydroxylation sites is 1. The molecule has 4 heterocycles. The van der Waals surface area contributed by atoms with Crippen LogP contribution in [0.15, 0.2) is 74.5 Å². The van der Waals surface area contributed by atoms with E-state index in [0.29, 0.717) is 53.0 Å². The van der Waals surface area contributed by atoms with E-state index in [1.165, 1.54) is 29.4 Å². The molecule has 3 aromatic heterocycles. The van der Waals surface area contributed by atoms with Crippen molar-refractivity contribution in [1.29, 1.82) is 0 Å². The molecule has 33 heavy (non-hydrogen) atoms. The van der Waals surface area contributed by atoms with E-state index in [1.54, 1.807) is 32.6 Å². The molecule has 0 unspecified atom stereocenters. The lowest BCUT2D eigenvalue weighted by Crippen LogP contribution is -2.51. The van der Waals surface area contributed by atoms with E-state index in [9.17, 15) is 14.4 Å². The number of rotatable bonds is 5. The maximum absolute atomic E-state index is 13.1. The van der Waals surface area contributed by atoms with Gasteiger partial charge in [-0.25, -0.2) is 4.98 Å². The number of thiophene rings is 1. The Bertz CT molecular complexity index is 1340. The molecule has 1 aliphatic heterocycles. The second-order valence-electron chi connectivity index (χ2n) is 7.45. The second-order valence-corrected chi connectivity index (χ2v) is 9.29. The van der Waals surface area contributed by atoms with Crippen LogP contribution in [-0.4, -0.2) is 63.1 Å². The molecule has 8 nitrogen and oxygen atoms in total. The van der Waals surface area contributed by atoms with Crippen molar-refractivity contribution in [1.82, 2.24) is 19.4 Å². The highest BCUT2D eigenvalue weighted by molar-refractivity contribution is 7.99. The number of fused-ring (bicyclic) bond motifs is 1. The van der Waals surface area contributed by atoms with Crippen molar-refractivity contribution in [3.63, 3.8) is 0 Å². The number of amides is 2. The highest BCUT2D eigenvalue weighted by Gasteiger charge is 2.26. The summed E-state index contributed by atoms with van der Waals surface area (Å²) >= 11 is 2.66. The van der Waals surface area contributed by atoms with Crippen molar-refractivity contribution < 1.29 is 14.0 Å². The van der Waals surface area contributed by atoms with Crippen LogP contribution in [0.5, 0.6) is 0 Å². The fourth-order valence-electron chi connectivity index (χ4n) is 3.73. The van der Waals surface area contributed by atoms with E-state index < -0.39 is 0 Å². The summed E-state index contributed by atoms with van der Waals surface area (Å²) in [5.74, 6) is 0.244. The summed E-state index contributed by atoms with van der Waals surface area (Å²) in [5.41, 5.74) is 0.565. The first-order valence-electron chi connectivity index (χ1n) is 10.4. The van der Waals surface area contributed by atoms with Gasteiger partial charge < -0.3 is 14.2 Å². The summed E-state index contributed by atoms with van der Waals surface area (Å²) in [6.07, 6.45) is 1.47. The summed E-state index contributed by atoms with van der Waals surface area (Å²) < 4.78 is 6.75. The molecule has 0 saturated carbocycles. The van der Waals surface area contributed by atoms with Gasteiger partial charge in [0.25, 0.3) is 11.5 Å². The summed E-state index contributed by atoms with van der Waals surface area (Å²) in [5, 5.41) is 2.90. The standard InChI is InChI=1S/C23H20N4O4S2/c28-19(25-9-11-26(12-10-25)22(30)18-7-4-13-31-18)15-33-23-24-20-17(8-14-32-20)21(29)27(23)16-5-2-1-3-6-16/h1-8,13-14H,9-12,15H2. The van der Waals surface area contributed by atoms with E-state index in [0.717, 1.165) is 0 Å². The molecule has 4 aromatic rings. The number of nitrogens with zero attached hydrogens (tertiary/aromatic N) is 4. The van der Waals surface area contributed by atoms with Gasteiger partial charge in [-0.15, -0.1) is 11.3 Å². The molecule has 1 aliphatic rings. The van der Waals surface area contributed by atoms with Gasteiger partial charge in [-0.3, -0.25) is 19.0 Å². The Morgan fingerprint density at radius 1 is 1.00 bits per heavy atom. The van der Waals surface area contributed by atoms with Gasteiger partial charge in [-0.1, -0.05) is 30.0 Å². The Morgan fingerprint density at radius 2 is 1.76 bits per heavy atom. The molecule has 2 amide bonds. The van der Waals surface area contributed by atoms with Crippen molar-refractivity contribution in [2.75, 3.05) is 31.9 Å². The molecular weight excluding hydrogens is 460 g/mol. The summed E-state index contributed by atoms with van der Waals surface area (Å²) in [4.78, 5) is 47.2. The number of hydrogen-bond acceptors (Lipinski definition) is 7.